The third-order valence-electron chi connectivity index (χ3n) is 3.26. The zero-order chi connectivity index (χ0) is 14.8. The van der Waals surface area contributed by atoms with Gasteiger partial charge >= 0.3 is 12.3 Å². The molecule has 0 aromatic heterocycles. The van der Waals surface area contributed by atoms with Crippen molar-refractivity contribution in [1.29, 1.82) is 0 Å². The first kappa shape index (κ1) is 14.6. The minimum atomic E-state index is -4.49. The van der Waals surface area contributed by atoms with E-state index in [0.717, 1.165) is 32.0 Å². The molecule has 1 aliphatic rings. The van der Waals surface area contributed by atoms with Crippen molar-refractivity contribution in [2.75, 3.05) is 18.4 Å². The van der Waals surface area contributed by atoms with Crippen LogP contribution in [0.2, 0.25) is 0 Å². The van der Waals surface area contributed by atoms with Crippen LogP contribution in [0.1, 0.15) is 24.0 Å². The Hall–Kier alpha value is -1.76. The fraction of sp³-hybridized carbons (Fsp3) is 0.462. The van der Waals surface area contributed by atoms with Crippen LogP contribution in [0.5, 0.6) is 0 Å². The lowest BCUT2D eigenvalue weighted by Crippen LogP contribution is -2.21. The molecular formula is C13H15F3N2O2. The summed E-state index contributed by atoms with van der Waals surface area (Å²) in [6.07, 6.45) is -3.88. The molecule has 7 heteroatoms. The second-order valence-electron chi connectivity index (χ2n) is 4.78. The van der Waals surface area contributed by atoms with Gasteiger partial charge in [0.2, 0.25) is 0 Å². The Bertz CT molecular complexity index is 497. The quantitative estimate of drug-likeness (QED) is 0.896. The zero-order valence-corrected chi connectivity index (χ0v) is 10.7. The number of hydrogen-bond acceptors (Lipinski definition) is 2. The van der Waals surface area contributed by atoms with Gasteiger partial charge in [-0.2, -0.15) is 13.2 Å². The Morgan fingerprint density at radius 3 is 2.50 bits per heavy atom. The summed E-state index contributed by atoms with van der Waals surface area (Å²) in [5, 5.41) is 10.5. The van der Waals surface area contributed by atoms with Crippen LogP contribution in [0.3, 0.4) is 0 Å². The highest BCUT2D eigenvalue weighted by molar-refractivity contribution is 5.83. The summed E-state index contributed by atoms with van der Waals surface area (Å²) in [7, 11) is 0. The van der Waals surface area contributed by atoms with Crippen LogP contribution in [0.25, 0.3) is 0 Å². The second-order valence-corrected chi connectivity index (χ2v) is 4.78. The highest BCUT2D eigenvalue weighted by Crippen LogP contribution is 2.34. The number of rotatable bonds is 3. The Kier molecular flexibility index (Phi) is 4.17. The molecular weight excluding hydrogens is 273 g/mol. The molecule has 0 spiro atoms. The number of amides is 1. The van der Waals surface area contributed by atoms with Gasteiger partial charge in [-0.05, 0) is 43.6 Å². The smallest absolute Gasteiger partial charge is 0.416 e. The van der Waals surface area contributed by atoms with Crippen LogP contribution in [0, 0.1) is 0 Å². The number of hydrogen-bond donors (Lipinski definition) is 2. The first-order chi connectivity index (χ1) is 9.36. The average molecular weight is 288 g/mol. The maximum absolute atomic E-state index is 13.0. The van der Waals surface area contributed by atoms with Gasteiger partial charge in [-0.15, -0.1) is 0 Å². The SMILES string of the molecule is O=C(O)Nc1ccc(CN2CCCC2)c(C(F)(F)F)c1. The molecule has 1 amide bonds. The molecule has 1 fully saturated rings. The zero-order valence-electron chi connectivity index (χ0n) is 10.7. The normalized spacial score (nSPS) is 16.4. The fourth-order valence-electron chi connectivity index (χ4n) is 2.36. The Morgan fingerprint density at radius 1 is 1.30 bits per heavy atom. The van der Waals surface area contributed by atoms with Gasteiger partial charge in [0.25, 0.3) is 0 Å². The van der Waals surface area contributed by atoms with E-state index in [1.807, 2.05) is 10.2 Å². The maximum Gasteiger partial charge on any atom is 0.416 e. The van der Waals surface area contributed by atoms with E-state index < -0.39 is 17.8 Å². The largest absolute Gasteiger partial charge is 0.465 e. The standard InChI is InChI=1S/C13H15F3N2O2/c14-13(15,16)11-7-10(17-12(19)20)4-3-9(11)8-18-5-1-2-6-18/h3-4,7,17H,1-2,5-6,8H2,(H,19,20). The van der Waals surface area contributed by atoms with Gasteiger partial charge < -0.3 is 5.11 Å². The molecule has 110 valence electrons. The minimum absolute atomic E-state index is 0.0741. The van der Waals surface area contributed by atoms with Crippen LogP contribution in [0.15, 0.2) is 18.2 Å². The molecule has 1 heterocycles. The van der Waals surface area contributed by atoms with Crippen LogP contribution in [0.4, 0.5) is 23.7 Å². The Balaban J connectivity index is 2.27. The van der Waals surface area contributed by atoms with Gasteiger partial charge in [-0.25, -0.2) is 4.79 Å². The Labute approximate surface area is 114 Å². The molecule has 1 aromatic rings. The molecule has 0 unspecified atom stereocenters. The number of carbonyl (C=O) groups is 1. The number of halogens is 3. The summed E-state index contributed by atoms with van der Waals surface area (Å²) < 4.78 is 39.1. The molecule has 20 heavy (non-hydrogen) atoms. The van der Waals surface area contributed by atoms with E-state index in [0.29, 0.717) is 0 Å². The van der Waals surface area contributed by atoms with Gasteiger partial charge in [0.05, 0.1) is 5.56 Å². The molecule has 1 saturated heterocycles. The van der Waals surface area contributed by atoms with E-state index in [1.54, 1.807) is 0 Å². The molecule has 0 aliphatic carbocycles. The highest BCUT2D eigenvalue weighted by Gasteiger charge is 2.34. The van der Waals surface area contributed by atoms with Crippen molar-refractivity contribution in [2.45, 2.75) is 25.6 Å². The van der Waals surface area contributed by atoms with Crippen LogP contribution in [-0.2, 0) is 12.7 Å². The van der Waals surface area contributed by atoms with Gasteiger partial charge in [-0.1, -0.05) is 6.07 Å². The third-order valence-corrected chi connectivity index (χ3v) is 3.26. The van der Waals surface area contributed by atoms with E-state index in [4.69, 9.17) is 5.11 Å². The van der Waals surface area contributed by atoms with Gasteiger partial charge in [0, 0.05) is 12.2 Å². The summed E-state index contributed by atoms with van der Waals surface area (Å²) in [5.41, 5.74) is -0.680. The Morgan fingerprint density at radius 2 is 1.95 bits per heavy atom. The van der Waals surface area contributed by atoms with Gasteiger partial charge in [-0.3, -0.25) is 10.2 Å². The predicted molar refractivity (Wildman–Crippen MR) is 67.6 cm³/mol. The monoisotopic (exact) mass is 288 g/mol. The molecule has 0 radical (unpaired) electrons. The second kappa shape index (κ2) is 5.70. The van der Waals surface area contributed by atoms with Gasteiger partial charge in [0.15, 0.2) is 0 Å². The fourth-order valence-corrected chi connectivity index (χ4v) is 2.36. The van der Waals surface area contributed by atoms with E-state index >= 15 is 0 Å². The lowest BCUT2D eigenvalue weighted by Gasteiger charge is -2.19. The number of carboxylic acid groups (broad SMARTS) is 1. The lowest BCUT2D eigenvalue weighted by atomic mass is 10.1. The number of nitrogens with one attached hydrogen (secondary N) is 1. The summed E-state index contributed by atoms with van der Waals surface area (Å²) in [4.78, 5) is 12.5. The lowest BCUT2D eigenvalue weighted by molar-refractivity contribution is -0.138. The van der Waals surface area contributed by atoms with E-state index in [2.05, 4.69) is 0 Å². The van der Waals surface area contributed by atoms with Crippen molar-refractivity contribution in [1.82, 2.24) is 4.90 Å². The molecule has 0 bridgehead atoms. The van der Waals surface area contributed by atoms with E-state index in [9.17, 15) is 18.0 Å². The summed E-state index contributed by atoms with van der Waals surface area (Å²) in [5.74, 6) is 0. The first-order valence-electron chi connectivity index (χ1n) is 6.28. The number of nitrogens with zero attached hydrogens (tertiary/aromatic N) is 1. The summed E-state index contributed by atoms with van der Waals surface area (Å²) >= 11 is 0. The van der Waals surface area contributed by atoms with Crippen LogP contribution < -0.4 is 5.32 Å². The van der Waals surface area contributed by atoms with Gasteiger partial charge in [0.1, 0.15) is 0 Å². The van der Waals surface area contributed by atoms with Crippen molar-refractivity contribution < 1.29 is 23.1 Å². The molecule has 2 rings (SSSR count). The first-order valence-corrected chi connectivity index (χ1v) is 6.28. The molecule has 2 N–H and O–H groups in total. The molecule has 0 atom stereocenters. The van der Waals surface area contributed by atoms with Crippen molar-refractivity contribution in [3.05, 3.63) is 29.3 Å². The van der Waals surface area contributed by atoms with Crippen molar-refractivity contribution >= 4 is 11.8 Å². The maximum atomic E-state index is 13.0. The molecule has 0 saturated carbocycles. The number of benzene rings is 1. The summed E-state index contributed by atoms with van der Waals surface area (Å²) in [6.45, 7) is 1.83. The third kappa shape index (κ3) is 3.63. The van der Waals surface area contributed by atoms with Crippen molar-refractivity contribution in [2.24, 2.45) is 0 Å². The average Bonchev–Trinajstić information content (AvgIpc) is 2.82. The molecule has 1 aliphatic heterocycles. The van der Waals surface area contributed by atoms with Crippen LogP contribution in [-0.4, -0.2) is 29.2 Å². The number of alkyl halides is 3. The highest BCUT2D eigenvalue weighted by atomic mass is 19.4. The van der Waals surface area contributed by atoms with E-state index in [1.165, 1.54) is 12.1 Å². The summed E-state index contributed by atoms with van der Waals surface area (Å²) in [6, 6.07) is 3.54. The number of anilines is 1. The predicted octanol–water partition coefficient (Wildman–Crippen LogP) is 3.39. The topological polar surface area (TPSA) is 52.6 Å². The van der Waals surface area contributed by atoms with Crippen molar-refractivity contribution in [3.63, 3.8) is 0 Å². The minimum Gasteiger partial charge on any atom is -0.465 e. The molecule has 4 nitrogen and oxygen atoms in total. The number of likely N-dealkylation sites (tertiary alicyclic amines) is 1. The molecule has 1 aromatic carbocycles. The van der Waals surface area contributed by atoms with Crippen LogP contribution >= 0.6 is 0 Å². The van der Waals surface area contributed by atoms with E-state index in [-0.39, 0.29) is 17.8 Å². The van der Waals surface area contributed by atoms with Crippen molar-refractivity contribution in [3.8, 4) is 0 Å².